The average Bonchev–Trinajstić information content (AvgIpc) is 1.86. The van der Waals surface area contributed by atoms with E-state index in [-0.39, 0.29) is 0 Å². The molecule has 0 unspecified atom stereocenters. The van der Waals surface area contributed by atoms with Gasteiger partial charge in [0.05, 0.1) is 0 Å². The van der Waals surface area contributed by atoms with E-state index in [2.05, 4.69) is 0 Å². The van der Waals surface area contributed by atoms with Crippen molar-refractivity contribution >= 4 is 16.3 Å². The van der Waals surface area contributed by atoms with Crippen molar-refractivity contribution in [2.24, 2.45) is 0 Å². The molecule has 1 heterocycles. The molecule has 0 amide bonds. The Morgan fingerprint density at radius 1 is 1.67 bits per heavy atom. The molecule has 1 aromatic rings. The molecule has 0 bridgehead atoms. The van der Waals surface area contributed by atoms with Gasteiger partial charge in [-0.25, -0.2) is 0 Å². The summed E-state index contributed by atoms with van der Waals surface area (Å²) in [4.78, 5) is 0. The third kappa shape index (κ3) is 0.518. The summed E-state index contributed by atoms with van der Waals surface area (Å²) in [7, 11) is 0. The maximum absolute atomic E-state index is 8.49. The number of hydrogen-bond acceptors (Lipinski definition) is 1. The quantitative estimate of drug-likeness (QED) is 0.467. The van der Waals surface area contributed by atoms with Gasteiger partial charge in [-0.15, -0.1) is 17.1 Å². The van der Waals surface area contributed by atoms with Crippen molar-refractivity contribution < 1.29 is 0 Å². The monoisotopic (exact) mass is 97.0 g/mol. The Balaban J connectivity index is 3.05. The molecule has 30 valence electrons. The van der Waals surface area contributed by atoms with Crippen molar-refractivity contribution in [2.75, 3.05) is 0 Å². The molecule has 0 aliphatic carbocycles. The van der Waals surface area contributed by atoms with E-state index in [9.17, 15) is 0 Å². The van der Waals surface area contributed by atoms with E-state index in [0.29, 0.717) is 5.00 Å². The Morgan fingerprint density at radius 2 is 2.50 bits per heavy atom. The Kier molecular flexibility index (Phi) is 0.801. The molecule has 0 saturated heterocycles. The zero-order chi connectivity index (χ0) is 4.41. The van der Waals surface area contributed by atoms with Gasteiger partial charge >= 0.3 is 0 Å². The van der Waals surface area contributed by atoms with Crippen molar-refractivity contribution in [3.8, 4) is 0 Å². The van der Waals surface area contributed by atoms with E-state index in [1.807, 2.05) is 5.38 Å². The minimum absolute atomic E-state index is 0.384. The van der Waals surface area contributed by atoms with E-state index in [1.165, 1.54) is 11.3 Å². The van der Waals surface area contributed by atoms with Crippen LogP contribution in [0.5, 0.6) is 0 Å². The molecule has 0 N–H and O–H groups in total. The minimum atomic E-state index is 0.384. The summed E-state index contributed by atoms with van der Waals surface area (Å²) in [5.41, 5.74) is 8.49. The summed E-state index contributed by atoms with van der Waals surface area (Å²) in [5, 5.41) is 2.21. The summed E-state index contributed by atoms with van der Waals surface area (Å²) in [5.74, 6) is 0. The van der Waals surface area contributed by atoms with Crippen LogP contribution in [0.4, 0.5) is 5.00 Å². The van der Waals surface area contributed by atoms with Crippen LogP contribution in [-0.2, 0) is 0 Å². The highest BCUT2D eigenvalue weighted by Crippen LogP contribution is 2.10. The molecule has 6 heavy (non-hydrogen) atoms. The second kappa shape index (κ2) is 1.30. The molecule has 0 saturated carbocycles. The first-order valence-corrected chi connectivity index (χ1v) is 2.50. The molecule has 0 aromatic carbocycles. The van der Waals surface area contributed by atoms with Crippen LogP contribution >= 0.6 is 11.3 Å². The fourth-order valence-electron chi connectivity index (χ4n) is 0.270. The van der Waals surface area contributed by atoms with Crippen molar-refractivity contribution in [3.63, 3.8) is 0 Å². The molecule has 0 aliphatic rings. The number of hydrogen-bond donors (Lipinski definition) is 0. The summed E-state index contributed by atoms with van der Waals surface area (Å²) in [6.45, 7) is 0. The minimum Gasteiger partial charge on any atom is -0.139 e. The van der Waals surface area contributed by atoms with Crippen molar-refractivity contribution in [1.29, 1.82) is 0 Å². The van der Waals surface area contributed by atoms with Crippen LogP contribution in [0, 0.1) is 0 Å². The van der Waals surface area contributed by atoms with Crippen LogP contribution in [0.3, 0.4) is 0 Å². The van der Waals surface area contributed by atoms with Gasteiger partial charge in [0.1, 0.15) is 5.00 Å². The molecule has 1 aromatic heterocycles. The van der Waals surface area contributed by atoms with E-state index >= 15 is 0 Å². The largest absolute Gasteiger partial charge is 0.139 e. The first-order chi connectivity index (χ1) is 2.89. The molecule has 2 radical (unpaired) electrons. The smallest absolute Gasteiger partial charge is 0.138 e. The van der Waals surface area contributed by atoms with E-state index in [4.69, 9.17) is 5.73 Å². The average molecular weight is 97.1 g/mol. The van der Waals surface area contributed by atoms with Crippen LogP contribution in [0.2, 0.25) is 0 Å². The fourth-order valence-corrected chi connectivity index (χ4v) is 0.724. The number of nitrogens with zero attached hydrogens (tertiary/aromatic N) is 1. The zero-order valence-corrected chi connectivity index (χ0v) is 3.90. The first kappa shape index (κ1) is 3.68. The molecule has 0 aliphatic heterocycles. The van der Waals surface area contributed by atoms with Crippen molar-refractivity contribution in [2.45, 2.75) is 0 Å². The molecule has 0 spiro atoms. The first-order valence-electron chi connectivity index (χ1n) is 1.62. The molecule has 0 atom stereocenters. The lowest BCUT2D eigenvalue weighted by atomic mass is 10.6. The van der Waals surface area contributed by atoms with Crippen LogP contribution in [-0.4, -0.2) is 0 Å². The van der Waals surface area contributed by atoms with Crippen molar-refractivity contribution in [1.82, 2.24) is 5.73 Å². The van der Waals surface area contributed by atoms with E-state index in [1.54, 1.807) is 12.1 Å². The maximum atomic E-state index is 8.49. The van der Waals surface area contributed by atoms with Gasteiger partial charge in [0, 0.05) is 0 Å². The third-order valence-corrected chi connectivity index (χ3v) is 1.18. The van der Waals surface area contributed by atoms with Crippen LogP contribution < -0.4 is 5.73 Å². The number of rotatable bonds is 0. The lowest BCUT2D eigenvalue weighted by molar-refractivity contribution is 1.59. The lowest BCUT2D eigenvalue weighted by Gasteiger charge is -1.61. The number of thiophene rings is 1. The molecule has 1 rings (SSSR count). The van der Waals surface area contributed by atoms with E-state index < -0.39 is 0 Å². The lowest BCUT2D eigenvalue weighted by Crippen LogP contribution is -1.45. The van der Waals surface area contributed by atoms with Gasteiger partial charge in [0.2, 0.25) is 0 Å². The van der Waals surface area contributed by atoms with Crippen LogP contribution in [0.1, 0.15) is 0 Å². The maximum Gasteiger partial charge on any atom is 0.138 e. The highest BCUT2D eigenvalue weighted by atomic mass is 32.1. The normalized spacial score (nSPS) is 8.67. The molecule has 1 nitrogen and oxygen atoms in total. The summed E-state index contributed by atoms with van der Waals surface area (Å²) in [6.07, 6.45) is 0. The van der Waals surface area contributed by atoms with Crippen molar-refractivity contribution in [3.05, 3.63) is 17.5 Å². The highest BCUT2D eigenvalue weighted by molar-refractivity contribution is 7.13. The van der Waals surface area contributed by atoms with Gasteiger partial charge in [-0.3, -0.25) is 0 Å². The second-order valence-corrected chi connectivity index (χ2v) is 1.88. The summed E-state index contributed by atoms with van der Waals surface area (Å²) < 4.78 is 0. The van der Waals surface area contributed by atoms with Gasteiger partial charge in [-0.2, -0.15) is 0 Å². The van der Waals surface area contributed by atoms with E-state index in [0.717, 1.165) is 0 Å². The highest BCUT2D eigenvalue weighted by Gasteiger charge is 1.79. The standard InChI is InChI=1S/C4H3NS/c5-4-2-1-3-6-4/h1-3H. The van der Waals surface area contributed by atoms with Crippen LogP contribution in [0.25, 0.3) is 0 Å². The van der Waals surface area contributed by atoms with Crippen LogP contribution in [0.15, 0.2) is 17.5 Å². The van der Waals surface area contributed by atoms with Gasteiger partial charge in [-0.05, 0) is 17.5 Å². The second-order valence-electron chi connectivity index (χ2n) is 0.951. The summed E-state index contributed by atoms with van der Waals surface area (Å²) in [6, 6.07) is 3.46. The molecule has 2 heteroatoms. The Morgan fingerprint density at radius 3 is 2.67 bits per heavy atom. The summed E-state index contributed by atoms with van der Waals surface area (Å²) >= 11 is 1.33. The zero-order valence-electron chi connectivity index (χ0n) is 3.09. The predicted molar refractivity (Wildman–Crippen MR) is 26.1 cm³/mol. The SMILES string of the molecule is [N]c1cccs1. The van der Waals surface area contributed by atoms with Gasteiger partial charge < -0.3 is 0 Å². The Labute approximate surface area is 40.4 Å². The fraction of sp³-hybridized carbons (Fsp3) is 0. The molecular formula is C4H3NS. The predicted octanol–water partition coefficient (Wildman–Crippen LogP) is 1.45. The Hall–Kier alpha value is -0.500. The van der Waals surface area contributed by atoms with Gasteiger partial charge in [0.25, 0.3) is 0 Å². The topological polar surface area (TPSA) is 22.3 Å². The molecular weight excluding hydrogens is 94.1 g/mol. The van der Waals surface area contributed by atoms with Gasteiger partial charge in [-0.1, -0.05) is 0 Å². The van der Waals surface area contributed by atoms with Gasteiger partial charge in [0.15, 0.2) is 0 Å². The molecule has 0 fully saturated rings. The third-order valence-electron chi connectivity index (χ3n) is 0.506. The Bertz CT molecular complexity index is 111.